The molecule has 46 heavy (non-hydrogen) atoms. The zero-order valence-electron chi connectivity index (χ0n) is 28.0. The summed E-state index contributed by atoms with van der Waals surface area (Å²) in [5.74, 6) is 0. The molecular weight excluding hydrogens is 580 g/mol. The van der Waals surface area contributed by atoms with Crippen molar-refractivity contribution in [1.82, 2.24) is 0 Å². The van der Waals surface area contributed by atoms with E-state index >= 15 is 0 Å². The highest BCUT2D eigenvalue weighted by Gasteiger charge is 2.37. The summed E-state index contributed by atoms with van der Waals surface area (Å²) in [6.07, 6.45) is 7.69. The van der Waals surface area contributed by atoms with Crippen molar-refractivity contribution in [3.8, 4) is 0 Å². The largest absolute Gasteiger partial charge is 0.379 e. The monoisotopic (exact) mass is 636 g/mol. The van der Waals surface area contributed by atoms with Gasteiger partial charge in [0.05, 0.1) is 79.3 Å². The van der Waals surface area contributed by atoms with Gasteiger partial charge in [-0.05, 0) is 23.1 Å². The second kappa shape index (κ2) is 25.5. The fourth-order valence-corrected chi connectivity index (χ4v) is 5.21. The van der Waals surface area contributed by atoms with Crippen LogP contribution in [-0.2, 0) is 38.8 Å². The molecule has 254 valence electrons. The van der Waals surface area contributed by atoms with Crippen LogP contribution < -0.4 is 0 Å². The van der Waals surface area contributed by atoms with Crippen LogP contribution in [0, 0.1) is 0 Å². The molecule has 3 aromatic rings. The summed E-state index contributed by atoms with van der Waals surface area (Å²) >= 11 is 0. The maximum Gasteiger partial charge on any atom is 0.143 e. The molecule has 0 saturated carbocycles. The molecule has 0 spiro atoms. The van der Waals surface area contributed by atoms with Crippen molar-refractivity contribution in [2.24, 2.45) is 0 Å². The number of hydrogen-bond donors (Lipinski definition) is 0. The average molecular weight is 637 g/mol. The SMILES string of the molecule is CCCCCCCCOCCOCCOCCOCCOCCOCCOC(c1ccccc1)(c1ccccc1)c1ccccc1. The molecule has 0 amide bonds. The van der Waals surface area contributed by atoms with Crippen LogP contribution in [0.25, 0.3) is 0 Å². The lowest BCUT2D eigenvalue weighted by Gasteiger charge is -2.36. The number of unbranched alkanes of at least 4 members (excludes halogenated alkanes) is 5. The van der Waals surface area contributed by atoms with Crippen LogP contribution >= 0.6 is 0 Å². The first-order valence-electron chi connectivity index (χ1n) is 17.1. The smallest absolute Gasteiger partial charge is 0.143 e. The molecule has 0 aromatic heterocycles. The van der Waals surface area contributed by atoms with Gasteiger partial charge in [-0.2, -0.15) is 0 Å². The van der Waals surface area contributed by atoms with Crippen LogP contribution in [0.15, 0.2) is 91.0 Å². The van der Waals surface area contributed by atoms with Crippen molar-refractivity contribution in [3.05, 3.63) is 108 Å². The van der Waals surface area contributed by atoms with Crippen molar-refractivity contribution in [3.63, 3.8) is 0 Å². The van der Waals surface area contributed by atoms with Crippen LogP contribution in [0.5, 0.6) is 0 Å². The van der Waals surface area contributed by atoms with Crippen molar-refractivity contribution >= 4 is 0 Å². The van der Waals surface area contributed by atoms with E-state index in [0.717, 1.165) is 29.7 Å². The molecule has 7 nitrogen and oxygen atoms in total. The van der Waals surface area contributed by atoms with Gasteiger partial charge in [-0.1, -0.05) is 130 Å². The Kier molecular flexibility index (Phi) is 20.9. The molecule has 0 heterocycles. The standard InChI is InChI=1S/C39H56O7/c1-2-3-4-5-6-16-23-40-24-25-41-26-27-42-28-29-43-30-31-44-32-33-45-34-35-46-39(36-17-10-7-11-18-36,37-19-12-8-13-20-37)38-21-14-9-15-22-38/h7-15,17-22H,2-6,16,23-35H2,1H3. The predicted octanol–water partition coefficient (Wildman–Crippen LogP) is 7.46. The van der Waals surface area contributed by atoms with Crippen molar-refractivity contribution in [1.29, 1.82) is 0 Å². The van der Waals surface area contributed by atoms with Gasteiger partial charge in [-0.15, -0.1) is 0 Å². The maximum absolute atomic E-state index is 6.73. The number of benzene rings is 3. The zero-order valence-corrected chi connectivity index (χ0v) is 28.0. The highest BCUT2D eigenvalue weighted by Crippen LogP contribution is 2.40. The fraction of sp³-hybridized carbons (Fsp3) is 0.538. The molecule has 3 aromatic carbocycles. The maximum atomic E-state index is 6.73. The van der Waals surface area contributed by atoms with E-state index in [1.807, 2.05) is 18.2 Å². The Morgan fingerprint density at radius 1 is 0.348 bits per heavy atom. The minimum atomic E-state index is -0.737. The molecule has 3 rings (SSSR count). The average Bonchev–Trinajstić information content (AvgIpc) is 3.11. The van der Waals surface area contributed by atoms with Crippen LogP contribution in [-0.4, -0.2) is 85.9 Å². The molecule has 0 unspecified atom stereocenters. The lowest BCUT2D eigenvalue weighted by atomic mass is 9.80. The molecule has 0 aliphatic rings. The third-order valence-corrected chi connectivity index (χ3v) is 7.59. The lowest BCUT2D eigenvalue weighted by Crippen LogP contribution is -2.34. The summed E-state index contributed by atoms with van der Waals surface area (Å²) in [6.45, 7) is 9.44. The molecule has 0 N–H and O–H groups in total. The van der Waals surface area contributed by atoms with Crippen LogP contribution in [0.4, 0.5) is 0 Å². The van der Waals surface area contributed by atoms with Gasteiger partial charge in [0, 0.05) is 6.61 Å². The molecule has 7 heteroatoms. The Bertz CT molecular complexity index is 985. The van der Waals surface area contributed by atoms with E-state index in [1.54, 1.807) is 0 Å². The Balaban J connectivity index is 1.17. The van der Waals surface area contributed by atoms with E-state index in [1.165, 1.54) is 32.1 Å². The number of rotatable bonds is 29. The van der Waals surface area contributed by atoms with Gasteiger partial charge in [0.25, 0.3) is 0 Å². The van der Waals surface area contributed by atoms with Gasteiger partial charge in [0.1, 0.15) is 5.60 Å². The highest BCUT2D eigenvalue weighted by atomic mass is 16.6. The van der Waals surface area contributed by atoms with Gasteiger partial charge in [0.15, 0.2) is 0 Å². The van der Waals surface area contributed by atoms with Gasteiger partial charge < -0.3 is 33.2 Å². The number of hydrogen-bond acceptors (Lipinski definition) is 7. The molecule has 0 radical (unpaired) electrons. The quantitative estimate of drug-likeness (QED) is 0.0579. The first-order valence-corrected chi connectivity index (χ1v) is 17.1. The summed E-state index contributed by atoms with van der Waals surface area (Å²) in [5, 5.41) is 0. The third kappa shape index (κ3) is 14.9. The van der Waals surface area contributed by atoms with Gasteiger partial charge in [0.2, 0.25) is 0 Å². The van der Waals surface area contributed by atoms with E-state index in [0.29, 0.717) is 79.3 Å². The molecule has 0 aliphatic heterocycles. The first kappa shape index (κ1) is 37.8. The molecule has 0 bridgehead atoms. The second-order valence-electron chi connectivity index (χ2n) is 11.1. The lowest BCUT2D eigenvalue weighted by molar-refractivity contribution is -0.0395. The third-order valence-electron chi connectivity index (χ3n) is 7.59. The van der Waals surface area contributed by atoms with Crippen LogP contribution in [0.2, 0.25) is 0 Å². The van der Waals surface area contributed by atoms with E-state index < -0.39 is 5.60 Å². The molecular formula is C39H56O7. The summed E-state index contributed by atoms with van der Waals surface area (Å²) in [7, 11) is 0. The van der Waals surface area contributed by atoms with Crippen LogP contribution in [0.3, 0.4) is 0 Å². The van der Waals surface area contributed by atoms with Crippen LogP contribution in [0.1, 0.15) is 62.1 Å². The summed E-state index contributed by atoms with van der Waals surface area (Å²) in [6, 6.07) is 31.1. The minimum Gasteiger partial charge on any atom is -0.379 e. The molecule has 0 fully saturated rings. The number of ether oxygens (including phenoxy) is 7. The van der Waals surface area contributed by atoms with E-state index in [-0.39, 0.29) is 0 Å². The molecule has 0 aliphatic carbocycles. The Labute approximate surface area is 277 Å². The summed E-state index contributed by atoms with van der Waals surface area (Å²) in [4.78, 5) is 0. The predicted molar refractivity (Wildman–Crippen MR) is 183 cm³/mol. The zero-order chi connectivity index (χ0) is 32.2. The summed E-state index contributed by atoms with van der Waals surface area (Å²) < 4.78 is 40.5. The van der Waals surface area contributed by atoms with Gasteiger partial charge in [-0.25, -0.2) is 0 Å². The summed E-state index contributed by atoms with van der Waals surface area (Å²) in [5.41, 5.74) is 2.50. The topological polar surface area (TPSA) is 64.6 Å². The van der Waals surface area contributed by atoms with E-state index in [9.17, 15) is 0 Å². The van der Waals surface area contributed by atoms with E-state index in [2.05, 4.69) is 79.7 Å². The Hall–Kier alpha value is -2.62. The first-order chi connectivity index (χ1) is 22.9. The molecule has 0 atom stereocenters. The molecule has 0 saturated heterocycles. The van der Waals surface area contributed by atoms with Gasteiger partial charge in [-0.3, -0.25) is 0 Å². The van der Waals surface area contributed by atoms with Crippen molar-refractivity contribution < 1.29 is 33.2 Å². The van der Waals surface area contributed by atoms with Crippen molar-refractivity contribution in [2.75, 3.05) is 85.9 Å². The highest BCUT2D eigenvalue weighted by molar-refractivity contribution is 5.47. The normalized spacial score (nSPS) is 11.7. The van der Waals surface area contributed by atoms with Gasteiger partial charge >= 0.3 is 0 Å². The van der Waals surface area contributed by atoms with E-state index in [4.69, 9.17) is 33.2 Å². The van der Waals surface area contributed by atoms with Crippen molar-refractivity contribution in [2.45, 2.75) is 51.0 Å². The Morgan fingerprint density at radius 2 is 0.652 bits per heavy atom. The Morgan fingerprint density at radius 3 is 1.02 bits per heavy atom. The fourth-order valence-electron chi connectivity index (χ4n) is 5.21. The second-order valence-corrected chi connectivity index (χ2v) is 11.1. The minimum absolute atomic E-state index is 0.430.